The fourth-order valence-electron chi connectivity index (χ4n) is 1.08. The minimum Gasteiger partial charge on any atom is -0.396 e. The Labute approximate surface area is 70.6 Å². The van der Waals surface area contributed by atoms with Crippen LogP contribution in [-0.2, 0) is 0 Å². The van der Waals surface area contributed by atoms with Gasteiger partial charge in [-0.05, 0) is 31.0 Å². The average molecular weight is 166 g/mol. The van der Waals surface area contributed by atoms with E-state index in [-0.39, 0.29) is 11.5 Å². The van der Waals surface area contributed by atoms with E-state index < -0.39 is 0 Å². The second-order valence-electron chi connectivity index (χ2n) is 3.15. The highest BCUT2D eigenvalue weighted by Crippen LogP contribution is 2.25. The molecule has 0 unspecified atom stereocenters. The molecule has 12 heavy (non-hydrogen) atoms. The highest BCUT2D eigenvalue weighted by Gasteiger charge is 2.20. The van der Waals surface area contributed by atoms with Crippen LogP contribution in [0.4, 0.5) is 15.8 Å². The molecule has 1 aromatic carbocycles. The molecule has 0 aliphatic heterocycles. The molecule has 64 valence electrons. The number of halogens is 1. The van der Waals surface area contributed by atoms with Crippen LogP contribution in [0.1, 0.15) is 12.8 Å². The van der Waals surface area contributed by atoms with E-state index in [1.54, 1.807) is 12.1 Å². The van der Waals surface area contributed by atoms with Crippen LogP contribution in [0.2, 0.25) is 0 Å². The first-order valence-corrected chi connectivity index (χ1v) is 4.07. The minimum absolute atomic E-state index is 0.205. The number of benzene rings is 1. The first-order chi connectivity index (χ1) is 5.75. The molecule has 0 bridgehead atoms. The Kier molecular flexibility index (Phi) is 1.64. The smallest absolute Gasteiger partial charge is 0.148 e. The quantitative estimate of drug-likeness (QED) is 0.659. The van der Waals surface area contributed by atoms with Crippen molar-refractivity contribution in [3.8, 4) is 0 Å². The predicted octanol–water partition coefficient (Wildman–Crippen LogP) is 1.98. The van der Waals surface area contributed by atoms with Crippen LogP contribution in [0.25, 0.3) is 0 Å². The molecule has 3 N–H and O–H groups in total. The average Bonchev–Trinajstić information content (AvgIpc) is 2.81. The monoisotopic (exact) mass is 166 g/mol. The van der Waals surface area contributed by atoms with Gasteiger partial charge in [-0.1, -0.05) is 0 Å². The molecule has 2 rings (SSSR count). The van der Waals surface area contributed by atoms with Crippen molar-refractivity contribution < 1.29 is 4.39 Å². The molecule has 0 aromatic heterocycles. The van der Waals surface area contributed by atoms with E-state index in [0.29, 0.717) is 6.04 Å². The van der Waals surface area contributed by atoms with Crippen molar-refractivity contribution in [1.29, 1.82) is 0 Å². The van der Waals surface area contributed by atoms with Crippen molar-refractivity contribution in [3.05, 3.63) is 24.0 Å². The number of rotatable bonds is 2. The molecule has 1 fully saturated rings. The zero-order chi connectivity index (χ0) is 8.55. The van der Waals surface area contributed by atoms with Crippen LogP contribution in [0.5, 0.6) is 0 Å². The van der Waals surface area contributed by atoms with E-state index in [0.717, 1.165) is 5.69 Å². The van der Waals surface area contributed by atoms with Crippen molar-refractivity contribution in [1.82, 2.24) is 0 Å². The fraction of sp³-hybridized carbons (Fsp3) is 0.333. The van der Waals surface area contributed by atoms with E-state index in [1.165, 1.54) is 18.9 Å². The number of hydrogen-bond acceptors (Lipinski definition) is 2. The van der Waals surface area contributed by atoms with Crippen LogP contribution in [0.3, 0.4) is 0 Å². The molecule has 1 aromatic rings. The van der Waals surface area contributed by atoms with Gasteiger partial charge in [0.15, 0.2) is 0 Å². The molecular formula is C9H11FN2. The predicted molar refractivity (Wildman–Crippen MR) is 47.5 cm³/mol. The number of nitrogens with two attached hydrogens (primary N) is 1. The van der Waals surface area contributed by atoms with Gasteiger partial charge in [0.2, 0.25) is 0 Å². The summed E-state index contributed by atoms with van der Waals surface area (Å²) in [7, 11) is 0. The summed E-state index contributed by atoms with van der Waals surface area (Å²) in [6.07, 6.45) is 2.37. The Balaban J connectivity index is 2.15. The Morgan fingerprint density at radius 1 is 1.42 bits per heavy atom. The van der Waals surface area contributed by atoms with Crippen LogP contribution < -0.4 is 11.1 Å². The molecule has 0 saturated heterocycles. The third-order valence-corrected chi connectivity index (χ3v) is 1.95. The third kappa shape index (κ3) is 1.49. The molecule has 0 radical (unpaired) electrons. The third-order valence-electron chi connectivity index (χ3n) is 1.95. The Hall–Kier alpha value is -1.25. The lowest BCUT2D eigenvalue weighted by atomic mass is 10.2. The summed E-state index contributed by atoms with van der Waals surface area (Å²) in [5, 5.41) is 3.19. The van der Waals surface area contributed by atoms with Gasteiger partial charge in [-0.2, -0.15) is 0 Å². The first kappa shape index (κ1) is 7.40. The lowest BCUT2D eigenvalue weighted by Gasteiger charge is -2.04. The normalized spacial score (nSPS) is 16.1. The Bertz CT molecular complexity index is 295. The maximum Gasteiger partial charge on any atom is 0.148 e. The van der Waals surface area contributed by atoms with Crippen molar-refractivity contribution in [2.24, 2.45) is 0 Å². The van der Waals surface area contributed by atoms with Crippen molar-refractivity contribution in [2.45, 2.75) is 18.9 Å². The van der Waals surface area contributed by atoms with E-state index in [2.05, 4.69) is 5.32 Å². The summed E-state index contributed by atoms with van der Waals surface area (Å²) in [6.45, 7) is 0. The number of nitrogens with one attached hydrogen (secondary N) is 1. The summed E-state index contributed by atoms with van der Waals surface area (Å²) in [6, 6.07) is 5.37. The van der Waals surface area contributed by atoms with Gasteiger partial charge in [0.05, 0.1) is 5.69 Å². The van der Waals surface area contributed by atoms with Crippen molar-refractivity contribution in [3.63, 3.8) is 0 Å². The van der Waals surface area contributed by atoms with Gasteiger partial charge in [-0.25, -0.2) is 4.39 Å². The SMILES string of the molecule is Nc1ccc(NC2CC2)cc1F. The van der Waals surface area contributed by atoms with Crippen molar-refractivity contribution in [2.75, 3.05) is 11.1 Å². The summed E-state index contributed by atoms with van der Waals surface area (Å²) < 4.78 is 12.9. The summed E-state index contributed by atoms with van der Waals surface area (Å²) in [4.78, 5) is 0. The van der Waals surface area contributed by atoms with Crippen LogP contribution in [-0.4, -0.2) is 6.04 Å². The maximum absolute atomic E-state index is 12.9. The molecule has 1 aliphatic rings. The molecule has 1 saturated carbocycles. The minimum atomic E-state index is -0.347. The summed E-state index contributed by atoms with van der Waals surface area (Å²) in [5.41, 5.74) is 6.36. The van der Waals surface area contributed by atoms with Crippen LogP contribution in [0.15, 0.2) is 18.2 Å². The number of anilines is 2. The lowest BCUT2D eigenvalue weighted by molar-refractivity contribution is 0.633. The van der Waals surface area contributed by atoms with Gasteiger partial charge in [-0.15, -0.1) is 0 Å². The molecule has 1 aliphatic carbocycles. The molecule has 2 nitrogen and oxygen atoms in total. The molecule has 0 spiro atoms. The van der Waals surface area contributed by atoms with E-state index >= 15 is 0 Å². The van der Waals surface area contributed by atoms with Gasteiger partial charge in [0.1, 0.15) is 5.82 Å². The largest absolute Gasteiger partial charge is 0.396 e. The topological polar surface area (TPSA) is 38.0 Å². The summed E-state index contributed by atoms with van der Waals surface area (Å²) in [5.74, 6) is -0.347. The van der Waals surface area contributed by atoms with Crippen LogP contribution in [0, 0.1) is 5.82 Å². The molecular weight excluding hydrogens is 155 g/mol. The molecule has 0 heterocycles. The lowest BCUT2D eigenvalue weighted by Crippen LogP contribution is -2.01. The van der Waals surface area contributed by atoms with E-state index in [1.807, 2.05) is 0 Å². The second kappa shape index (κ2) is 2.66. The van der Waals surface area contributed by atoms with Crippen LogP contribution >= 0.6 is 0 Å². The zero-order valence-corrected chi connectivity index (χ0v) is 6.68. The van der Waals surface area contributed by atoms with Gasteiger partial charge >= 0.3 is 0 Å². The van der Waals surface area contributed by atoms with Gasteiger partial charge < -0.3 is 11.1 Å². The molecule has 0 atom stereocenters. The van der Waals surface area contributed by atoms with E-state index in [9.17, 15) is 4.39 Å². The van der Waals surface area contributed by atoms with Gasteiger partial charge in [0, 0.05) is 11.7 Å². The van der Waals surface area contributed by atoms with Gasteiger partial charge in [-0.3, -0.25) is 0 Å². The second-order valence-corrected chi connectivity index (χ2v) is 3.15. The highest BCUT2D eigenvalue weighted by atomic mass is 19.1. The number of hydrogen-bond donors (Lipinski definition) is 2. The first-order valence-electron chi connectivity index (χ1n) is 4.07. The van der Waals surface area contributed by atoms with E-state index in [4.69, 9.17) is 5.73 Å². The highest BCUT2D eigenvalue weighted by molar-refractivity contribution is 5.53. The zero-order valence-electron chi connectivity index (χ0n) is 6.68. The molecule has 0 amide bonds. The number of nitrogen functional groups attached to an aromatic ring is 1. The standard InChI is InChI=1S/C9H11FN2/c10-8-5-7(3-4-9(8)11)12-6-1-2-6/h3-6,12H,1-2,11H2. The molecule has 3 heteroatoms. The maximum atomic E-state index is 12.9. The Morgan fingerprint density at radius 3 is 2.75 bits per heavy atom. The van der Waals surface area contributed by atoms with Gasteiger partial charge in [0.25, 0.3) is 0 Å². The Morgan fingerprint density at radius 2 is 2.17 bits per heavy atom. The van der Waals surface area contributed by atoms with Crippen molar-refractivity contribution >= 4 is 11.4 Å². The fourth-order valence-corrected chi connectivity index (χ4v) is 1.08. The summed E-state index contributed by atoms with van der Waals surface area (Å²) >= 11 is 0.